The van der Waals surface area contributed by atoms with E-state index in [9.17, 15) is 5.26 Å². The molecule has 4 rings (SSSR count). The van der Waals surface area contributed by atoms with Gasteiger partial charge in [-0.25, -0.2) is 0 Å². The molecular weight excluding hydrogens is 342 g/mol. The molecule has 5 nitrogen and oxygen atoms in total. The summed E-state index contributed by atoms with van der Waals surface area (Å²) in [6.45, 7) is 2.13. The van der Waals surface area contributed by atoms with Gasteiger partial charge in [-0.2, -0.15) is 10.4 Å². The first-order chi connectivity index (χ1) is 12.7. The summed E-state index contributed by atoms with van der Waals surface area (Å²) < 4.78 is 0. The highest BCUT2D eigenvalue weighted by atomic mass is 32.2. The molecular formula is C20H23N5S. The van der Waals surface area contributed by atoms with E-state index < -0.39 is 0 Å². The molecule has 0 amide bonds. The SMILES string of the molecule is CSc1ccccc1C1C(C#N)=C(C2CCN(C)CC2)Nc2n[nH]cc21. The lowest BCUT2D eigenvalue weighted by Gasteiger charge is -2.35. The second-order valence-corrected chi connectivity index (χ2v) is 7.85. The Labute approximate surface area is 158 Å². The number of hydrogen-bond donors (Lipinski definition) is 2. The van der Waals surface area contributed by atoms with Crippen LogP contribution in [-0.4, -0.2) is 41.5 Å². The van der Waals surface area contributed by atoms with Gasteiger partial charge in [-0.1, -0.05) is 18.2 Å². The van der Waals surface area contributed by atoms with Crippen LogP contribution in [0.1, 0.15) is 29.9 Å². The third-order valence-electron chi connectivity index (χ3n) is 5.51. The third-order valence-corrected chi connectivity index (χ3v) is 6.32. The minimum atomic E-state index is -0.0618. The van der Waals surface area contributed by atoms with Crippen LogP contribution in [0.25, 0.3) is 0 Å². The van der Waals surface area contributed by atoms with Gasteiger partial charge in [0, 0.05) is 28.3 Å². The molecule has 1 aromatic carbocycles. The summed E-state index contributed by atoms with van der Waals surface area (Å²) in [5.41, 5.74) is 4.15. The molecule has 1 fully saturated rings. The van der Waals surface area contributed by atoms with Crippen molar-refractivity contribution in [1.82, 2.24) is 15.1 Å². The van der Waals surface area contributed by atoms with Crippen molar-refractivity contribution in [2.45, 2.75) is 23.7 Å². The molecule has 0 radical (unpaired) electrons. The Balaban J connectivity index is 1.84. The summed E-state index contributed by atoms with van der Waals surface area (Å²) >= 11 is 1.73. The number of benzene rings is 1. The molecule has 1 unspecified atom stereocenters. The molecule has 1 aromatic heterocycles. The number of piperidine rings is 1. The normalized spacial score (nSPS) is 21.2. The number of allylic oxidation sites excluding steroid dienone is 2. The average Bonchev–Trinajstić information content (AvgIpc) is 3.15. The van der Waals surface area contributed by atoms with Crippen molar-refractivity contribution in [3.05, 3.63) is 52.9 Å². The van der Waals surface area contributed by atoms with Crippen LogP contribution in [0, 0.1) is 17.2 Å². The van der Waals surface area contributed by atoms with Crippen molar-refractivity contribution in [3.63, 3.8) is 0 Å². The van der Waals surface area contributed by atoms with E-state index in [0.29, 0.717) is 5.92 Å². The van der Waals surface area contributed by atoms with Crippen molar-refractivity contribution in [3.8, 4) is 6.07 Å². The molecule has 1 saturated heterocycles. The zero-order valence-corrected chi connectivity index (χ0v) is 15.9. The summed E-state index contributed by atoms with van der Waals surface area (Å²) in [5, 5.41) is 21.0. The van der Waals surface area contributed by atoms with Crippen molar-refractivity contribution < 1.29 is 0 Å². The maximum absolute atomic E-state index is 10.1. The predicted molar refractivity (Wildman–Crippen MR) is 105 cm³/mol. The minimum Gasteiger partial charge on any atom is -0.341 e. The quantitative estimate of drug-likeness (QED) is 0.810. The Morgan fingerprint density at radius 2 is 2.00 bits per heavy atom. The van der Waals surface area contributed by atoms with Gasteiger partial charge in [0.05, 0.1) is 17.6 Å². The Hall–Kier alpha value is -2.23. The molecule has 3 heterocycles. The summed E-state index contributed by atoms with van der Waals surface area (Å²) in [7, 11) is 2.16. The van der Waals surface area contributed by atoms with Gasteiger partial charge in [-0.15, -0.1) is 11.8 Å². The number of hydrogen-bond acceptors (Lipinski definition) is 5. The van der Waals surface area contributed by atoms with Crippen LogP contribution in [0.2, 0.25) is 0 Å². The van der Waals surface area contributed by atoms with E-state index in [1.54, 1.807) is 11.8 Å². The molecule has 2 N–H and O–H groups in total. The second-order valence-electron chi connectivity index (χ2n) is 7.01. The van der Waals surface area contributed by atoms with Crippen molar-refractivity contribution in [2.24, 2.45) is 5.92 Å². The lowest BCUT2D eigenvalue weighted by Crippen LogP contribution is -2.34. The monoisotopic (exact) mass is 365 g/mol. The molecule has 1 atom stereocenters. The molecule has 0 spiro atoms. The average molecular weight is 366 g/mol. The van der Waals surface area contributed by atoms with Crippen molar-refractivity contribution >= 4 is 17.6 Å². The maximum Gasteiger partial charge on any atom is 0.156 e. The van der Waals surface area contributed by atoms with Crippen LogP contribution in [0.15, 0.2) is 46.6 Å². The van der Waals surface area contributed by atoms with E-state index in [2.05, 4.69) is 64.1 Å². The summed E-state index contributed by atoms with van der Waals surface area (Å²) in [6.07, 6.45) is 6.15. The first kappa shape index (κ1) is 17.2. The highest BCUT2D eigenvalue weighted by Crippen LogP contribution is 2.45. The van der Waals surface area contributed by atoms with Crippen LogP contribution >= 0.6 is 11.8 Å². The van der Waals surface area contributed by atoms with E-state index in [1.807, 2.05) is 6.20 Å². The number of fused-ring (bicyclic) bond motifs is 1. The third kappa shape index (κ3) is 2.91. The second kappa shape index (κ2) is 7.18. The van der Waals surface area contributed by atoms with E-state index in [4.69, 9.17) is 0 Å². The number of nitriles is 1. The fourth-order valence-electron chi connectivity index (χ4n) is 4.10. The number of likely N-dealkylation sites (tertiary alicyclic amines) is 1. The number of thioether (sulfide) groups is 1. The van der Waals surface area contributed by atoms with Gasteiger partial charge < -0.3 is 10.2 Å². The van der Waals surface area contributed by atoms with Gasteiger partial charge in [-0.3, -0.25) is 5.10 Å². The first-order valence-electron chi connectivity index (χ1n) is 8.99. The van der Waals surface area contributed by atoms with Gasteiger partial charge >= 0.3 is 0 Å². The highest BCUT2D eigenvalue weighted by Gasteiger charge is 2.35. The molecule has 6 heteroatoms. The first-order valence-corrected chi connectivity index (χ1v) is 10.2. The molecule has 2 aliphatic heterocycles. The molecule has 0 bridgehead atoms. The summed E-state index contributed by atoms with van der Waals surface area (Å²) in [6, 6.07) is 10.9. The zero-order valence-electron chi connectivity index (χ0n) is 15.1. The molecule has 0 saturated carbocycles. The Kier molecular flexibility index (Phi) is 4.75. The van der Waals surface area contributed by atoms with Crippen LogP contribution in [0.3, 0.4) is 0 Å². The van der Waals surface area contributed by atoms with Crippen molar-refractivity contribution in [2.75, 3.05) is 31.7 Å². The molecule has 26 heavy (non-hydrogen) atoms. The largest absolute Gasteiger partial charge is 0.341 e. The Bertz CT molecular complexity index is 870. The van der Waals surface area contributed by atoms with E-state index in [1.165, 1.54) is 10.5 Å². The number of rotatable bonds is 3. The van der Waals surface area contributed by atoms with Gasteiger partial charge in [0.1, 0.15) is 0 Å². The minimum absolute atomic E-state index is 0.0618. The standard InChI is InChI=1S/C20H23N5S/c1-25-9-7-13(8-10-25)19-15(11-21)18(16-12-22-24-20(16)23-19)14-5-3-4-6-17(14)26-2/h3-6,12-13,18H,7-10H2,1-2H3,(H2,22,23,24). The van der Waals surface area contributed by atoms with Crippen molar-refractivity contribution in [1.29, 1.82) is 5.26 Å². The zero-order chi connectivity index (χ0) is 18.1. The fraction of sp³-hybridized carbons (Fsp3) is 0.400. The smallest absolute Gasteiger partial charge is 0.156 e. The summed E-state index contributed by atoms with van der Waals surface area (Å²) in [4.78, 5) is 3.56. The van der Waals surface area contributed by atoms with Gasteiger partial charge in [-0.05, 0) is 50.9 Å². The van der Waals surface area contributed by atoms with Gasteiger partial charge in [0.2, 0.25) is 0 Å². The Morgan fingerprint density at radius 3 is 2.73 bits per heavy atom. The van der Waals surface area contributed by atoms with E-state index in [-0.39, 0.29) is 5.92 Å². The van der Waals surface area contributed by atoms with E-state index in [0.717, 1.165) is 48.6 Å². The van der Waals surface area contributed by atoms with Crippen LogP contribution < -0.4 is 5.32 Å². The number of aromatic nitrogens is 2. The highest BCUT2D eigenvalue weighted by molar-refractivity contribution is 7.98. The maximum atomic E-state index is 10.1. The molecule has 0 aliphatic carbocycles. The summed E-state index contributed by atoms with van der Waals surface area (Å²) in [5.74, 6) is 1.18. The number of aromatic amines is 1. The Morgan fingerprint density at radius 1 is 1.23 bits per heavy atom. The molecule has 2 aromatic rings. The number of nitrogens with one attached hydrogen (secondary N) is 2. The van der Waals surface area contributed by atoms with E-state index >= 15 is 0 Å². The van der Waals surface area contributed by atoms with Crippen LogP contribution in [-0.2, 0) is 0 Å². The number of H-pyrrole nitrogens is 1. The number of anilines is 1. The molecule has 134 valence electrons. The number of nitrogens with zero attached hydrogens (tertiary/aromatic N) is 3. The lowest BCUT2D eigenvalue weighted by atomic mass is 9.79. The molecule has 2 aliphatic rings. The van der Waals surface area contributed by atoms with Crippen LogP contribution in [0.4, 0.5) is 5.82 Å². The van der Waals surface area contributed by atoms with Crippen LogP contribution in [0.5, 0.6) is 0 Å². The predicted octanol–water partition coefficient (Wildman–Crippen LogP) is 3.81. The topological polar surface area (TPSA) is 67.7 Å². The van der Waals surface area contributed by atoms with Gasteiger partial charge in [0.15, 0.2) is 5.82 Å². The van der Waals surface area contributed by atoms with Gasteiger partial charge in [0.25, 0.3) is 0 Å². The fourth-order valence-corrected chi connectivity index (χ4v) is 4.73. The lowest BCUT2D eigenvalue weighted by molar-refractivity contribution is 0.238.